The number of carbonyl (C=O) groups excluding carboxylic acids is 1. The molecule has 0 spiro atoms. The van der Waals surface area contributed by atoms with E-state index in [-0.39, 0.29) is 23.6 Å². The summed E-state index contributed by atoms with van der Waals surface area (Å²) in [6.45, 7) is 4.57. The van der Waals surface area contributed by atoms with Crippen LogP contribution in [0.2, 0.25) is 5.02 Å². The number of ether oxygens (including phenoxy) is 1. The zero-order chi connectivity index (χ0) is 15.9. The Kier molecular flexibility index (Phi) is 6.46. The summed E-state index contributed by atoms with van der Waals surface area (Å²) in [6.07, 6.45) is 2.83. The van der Waals surface area contributed by atoms with Gasteiger partial charge in [-0.3, -0.25) is 4.79 Å². The van der Waals surface area contributed by atoms with Crippen molar-refractivity contribution in [2.45, 2.75) is 32.2 Å². The van der Waals surface area contributed by atoms with Gasteiger partial charge in [-0.05, 0) is 50.6 Å². The van der Waals surface area contributed by atoms with Crippen molar-refractivity contribution in [1.29, 1.82) is 0 Å². The lowest BCUT2D eigenvalue weighted by Crippen LogP contribution is -2.48. The summed E-state index contributed by atoms with van der Waals surface area (Å²) in [5, 5.41) is 3.48. The number of hydrogen-bond acceptors (Lipinski definition) is 3. The zero-order valence-electron chi connectivity index (χ0n) is 12.8. The standard InChI is InChI=1S/C16H22ClFN2O2/c1-2-9-20(13-5-7-19-8-6-13)16(21)11-22-15-4-3-12(18)10-14(15)17/h3-4,10,13,19H,2,5-9,11H2,1H3. The predicted octanol–water partition coefficient (Wildman–Crippen LogP) is 2.85. The van der Waals surface area contributed by atoms with E-state index in [2.05, 4.69) is 12.2 Å². The van der Waals surface area contributed by atoms with Crippen molar-refractivity contribution >= 4 is 17.5 Å². The Labute approximate surface area is 135 Å². The lowest BCUT2D eigenvalue weighted by molar-refractivity contribution is -0.136. The Morgan fingerprint density at radius 1 is 1.45 bits per heavy atom. The zero-order valence-corrected chi connectivity index (χ0v) is 13.5. The van der Waals surface area contributed by atoms with Gasteiger partial charge >= 0.3 is 0 Å². The highest BCUT2D eigenvalue weighted by molar-refractivity contribution is 6.32. The van der Waals surface area contributed by atoms with Crippen LogP contribution in [0, 0.1) is 5.82 Å². The molecule has 1 N–H and O–H groups in total. The van der Waals surface area contributed by atoms with E-state index in [0.29, 0.717) is 5.75 Å². The first kappa shape index (κ1) is 17.0. The molecular formula is C16H22ClFN2O2. The molecule has 0 bridgehead atoms. The third-order valence-electron chi connectivity index (χ3n) is 3.78. The molecule has 2 rings (SSSR count). The van der Waals surface area contributed by atoms with Crippen LogP contribution in [0.3, 0.4) is 0 Å². The molecule has 6 heteroatoms. The summed E-state index contributed by atoms with van der Waals surface area (Å²) in [5.41, 5.74) is 0. The first-order chi connectivity index (χ1) is 10.6. The molecule has 122 valence electrons. The van der Waals surface area contributed by atoms with E-state index >= 15 is 0 Å². The minimum absolute atomic E-state index is 0.0471. The highest BCUT2D eigenvalue weighted by Gasteiger charge is 2.25. The number of rotatable bonds is 6. The maximum Gasteiger partial charge on any atom is 0.260 e. The number of carbonyl (C=O) groups is 1. The van der Waals surface area contributed by atoms with Gasteiger partial charge in [-0.1, -0.05) is 18.5 Å². The minimum Gasteiger partial charge on any atom is -0.482 e. The van der Waals surface area contributed by atoms with Crippen LogP contribution in [-0.2, 0) is 4.79 Å². The van der Waals surface area contributed by atoms with Crippen LogP contribution in [0.15, 0.2) is 18.2 Å². The molecule has 22 heavy (non-hydrogen) atoms. The Balaban J connectivity index is 1.95. The van der Waals surface area contributed by atoms with Crippen molar-refractivity contribution < 1.29 is 13.9 Å². The molecule has 0 saturated carbocycles. The van der Waals surface area contributed by atoms with Crippen molar-refractivity contribution in [2.24, 2.45) is 0 Å². The second-order valence-corrected chi connectivity index (χ2v) is 5.84. The lowest BCUT2D eigenvalue weighted by Gasteiger charge is -2.34. The van der Waals surface area contributed by atoms with Gasteiger partial charge in [0.05, 0.1) is 5.02 Å². The topological polar surface area (TPSA) is 41.6 Å². The monoisotopic (exact) mass is 328 g/mol. The smallest absolute Gasteiger partial charge is 0.260 e. The number of amides is 1. The maximum atomic E-state index is 13.0. The molecule has 1 heterocycles. The molecule has 4 nitrogen and oxygen atoms in total. The van der Waals surface area contributed by atoms with Gasteiger partial charge in [-0.2, -0.15) is 0 Å². The quantitative estimate of drug-likeness (QED) is 0.873. The summed E-state index contributed by atoms with van der Waals surface area (Å²) in [6, 6.07) is 4.15. The molecule has 1 aliphatic heterocycles. The van der Waals surface area contributed by atoms with E-state index in [1.54, 1.807) is 0 Å². The molecule has 0 aromatic heterocycles. The summed E-state index contributed by atoms with van der Waals surface area (Å²) in [7, 11) is 0. The van der Waals surface area contributed by atoms with Crippen molar-refractivity contribution in [3.05, 3.63) is 29.0 Å². The van der Waals surface area contributed by atoms with Crippen molar-refractivity contribution in [1.82, 2.24) is 10.2 Å². The predicted molar refractivity (Wildman–Crippen MR) is 84.8 cm³/mol. The van der Waals surface area contributed by atoms with Gasteiger partial charge in [0.1, 0.15) is 11.6 Å². The lowest BCUT2D eigenvalue weighted by atomic mass is 10.0. The summed E-state index contributed by atoms with van der Waals surface area (Å²) >= 11 is 5.90. The van der Waals surface area contributed by atoms with Crippen LogP contribution in [0.25, 0.3) is 0 Å². The maximum absolute atomic E-state index is 13.0. The van der Waals surface area contributed by atoms with E-state index in [0.717, 1.165) is 38.9 Å². The van der Waals surface area contributed by atoms with Crippen molar-refractivity contribution in [3.8, 4) is 5.75 Å². The van der Waals surface area contributed by atoms with Crippen LogP contribution in [0.5, 0.6) is 5.75 Å². The van der Waals surface area contributed by atoms with E-state index in [1.807, 2.05) is 4.90 Å². The van der Waals surface area contributed by atoms with Crippen molar-refractivity contribution in [3.63, 3.8) is 0 Å². The Bertz CT molecular complexity index is 507. The molecule has 0 radical (unpaired) electrons. The van der Waals surface area contributed by atoms with Gasteiger partial charge in [0.15, 0.2) is 6.61 Å². The fourth-order valence-electron chi connectivity index (χ4n) is 2.68. The molecular weight excluding hydrogens is 307 g/mol. The fourth-order valence-corrected chi connectivity index (χ4v) is 2.91. The number of halogens is 2. The summed E-state index contributed by atoms with van der Waals surface area (Å²) in [5.74, 6) is -0.140. The average Bonchev–Trinajstić information content (AvgIpc) is 2.52. The number of nitrogens with zero attached hydrogens (tertiary/aromatic N) is 1. The van der Waals surface area contributed by atoms with E-state index in [4.69, 9.17) is 16.3 Å². The van der Waals surface area contributed by atoms with Gasteiger partial charge in [0.25, 0.3) is 5.91 Å². The summed E-state index contributed by atoms with van der Waals surface area (Å²) in [4.78, 5) is 14.3. The Morgan fingerprint density at radius 3 is 2.82 bits per heavy atom. The highest BCUT2D eigenvalue weighted by atomic mass is 35.5. The second kappa shape index (κ2) is 8.34. The van der Waals surface area contributed by atoms with Gasteiger partial charge in [0, 0.05) is 12.6 Å². The molecule has 1 amide bonds. The molecule has 0 unspecified atom stereocenters. The fraction of sp³-hybridized carbons (Fsp3) is 0.562. The van der Waals surface area contributed by atoms with E-state index < -0.39 is 5.82 Å². The highest BCUT2D eigenvalue weighted by Crippen LogP contribution is 2.25. The Morgan fingerprint density at radius 2 is 2.18 bits per heavy atom. The molecule has 1 aliphatic rings. The number of nitrogens with one attached hydrogen (secondary N) is 1. The van der Waals surface area contributed by atoms with Crippen LogP contribution in [-0.4, -0.2) is 43.1 Å². The van der Waals surface area contributed by atoms with Crippen LogP contribution >= 0.6 is 11.6 Å². The first-order valence-electron chi connectivity index (χ1n) is 7.70. The average molecular weight is 329 g/mol. The molecule has 1 aromatic rings. The van der Waals surface area contributed by atoms with Gasteiger partial charge < -0.3 is 15.0 Å². The van der Waals surface area contributed by atoms with E-state index in [1.165, 1.54) is 18.2 Å². The Hall–Kier alpha value is -1.33. The summed E-state index contributed by atoms with van der Waals surface area (Å²) < 4.78 is 18.5. The second-order valence-electron chi connectivity index (χ2n) is 5.43. The molecule has 0 atom stereocenters. The molecule has 1 saturated heterocycles. The SMILES string of the molecule is CCCN(C(=O)COc1ccc(F)cc1Cl)C1CCNCC1. The number of piperidine rings is 1. The van der Waals surface area contributed by atoms with Gasteiger partial charge in [0.2, 0.25) is 0 Å². The van der Waals surface area contributed by atoms with Crippen LogP contribution < -0.4 is 10.1 Å². The number of benzene rings is 1. The molecule has 1 aromatic carbocycles. The minimum atomic E-state index is -0.425. The third-order valence-corrected chi connectivity index (χ3v) is 4.07. The molecule has 1 fully saturated rings. The molecule has 0 aliphatic carbocycles. The van der Waals surface area contributed by atoms with E-state index in [9.17, 15) is 9.18 Å². The first-order valence-corrected chi connectivity index (χ1v) is 8.07. The number of hydrogen-bond donors (Lipinski definition) is 1. The van der Waals surface area contributed by atoms with Crippen LogP contribution in [0.1, 0.15) is 26.2 Å². The largest absolute Gasteiger partial charge is 0.482 e. The van der Waals surface area contributed by atoms with Gasteiger partial charge in [-0.15, -0.1) is 0 Å². The van der Waals surface area contributed by atoms with Crippen LogP contribution in [0.4, 0.5) is 4.39 Å². The third kappa shape index (κ3) is 4.58. The van der Waals surface area contributed by atoms with Gasteiger partial charge in [-0.25, -0.2) is 4.39 Å². The normalized spacial score (nSPS) is 15.6. The van der Waals surface area contributed by atoms with Crippen molar-refractivity contribution in [2.75, 3.05) is 26.2 Å².